The van der Waals surface area contributed by atoms with Gasteiger partial charge in [-0.05, 0) is 146 Å². The van der Waals surface area contributed by atoms with Gasteiger partial charge in [0.25, 0.3) is 11.8 Å². The second kappa shape index (κ2) is 21.8. The molecule has 8 N–H and O–H groups in total. The van der Waals surface area contributed by atoms with Gasteiger partial charge in [0.15, 0.2) is 0 Å². The van der Waals surface area contributed by atoms with Crippen LogP contribution in [-0.2, 0) is 24.3 Å². The van der Waals surface area contributed by atoms with Gasteiger partial charge in [0.05, 0.1) is 22.8 Å². The first-order chi connectivity index (χ1) is 34.9. The average molecular weight is 963 g/mol. The van der Waals surface area contributed by atoms with E-state index in [1.54, 1.807) is 46.3 Å². The molecule has 0 spiro atoms. The lowest BCUT2D eigenvalue weighted by Gasteiger charge is -2.29. The van der Waals surface area contributed by atoms with Gasteiger partial charge in [0.1, 0.15) is 22.6 Å². The fourth-order valence-corrected chi connectivity index (χ4v) is 9.21. The summed E-state index contributed by atoms with van der Waals surface area (Å²) < 4.78 is 3.27. The zero-order chi connectivity index (χ0) is 50.2. The third-order valence-corrected chi connectivity index (χ3v) is 13.6. The molecule has 0 saturated heterocycles. The Morgan fingerprint density at radius 1 is 0.556 bits per heavy atom. The molecule has 0 bridgehead atoms. The lowest BCUT2D eigenvalue weighted by molar-refractivity contribution is 0.0663. The maximum Gasteiger partial charge on any atom is 0.274 e. The van der Waals surface area contributed by atoms with Crippen LogP contribution in [0.5, 0.6) is 0 Å². The number of carbonyl (C=O) groups is 2. The summed E-state index contributed by atoms with van der Waals surface area (Å²) in [6.45, 7) is 4.52. The highest BCUT2D eigenvalue weighted by molar-refractivity contribution is 6.04. The summed E-state index contributed by atoms with van der Waals surface area (Å²) in [4.78, 5) is 35.2. The van der Waals surface area contributed by atoms with Crippen LogP contribution in [-0.4, -0.2) is 51.6 Å². The number of nitrogens with zero attached hydrogens (tertiary/aromatic N) is 6. The predicted molar refractivity (Wildman–Crippen MR) is 280 cm³/mol. The average Bonchev–Trinajstić information content (AvgIpc) is 4.36. The summed E-state index contributed by atoms with van der Waals surface area (Å²) in [5.41, 5.74) is 19.2. The number of benzene rings is 4. The first-order valence-electron chi connectivity index (χ1n) is 24.7. The first-order valence-corrected chi connectivity index (χ1v) is 24.7. The Hall–Kier alpha value is -7.62. The third kappa shape index (κ3) is 11.6. The molecule has 0 radical (unpaired) electrons. The standard InChI is InChI=1S/2C29H31N5O2/c2*1-20-15-27(34(33-20)26-9-2-5-22(16-26)18-30)28(35)32-25-8-3-6-23(17-25)29(36,13-12-21-10-11-21)24-7-4-14-31-19-24/h2*2-9,14-17,19,21,36H,10-13,18,30H2,1H3,(H,32,35). The van der Waals surface area contributed by atoms with E-state index in [9.17, 15) is 19.8 Å². The van der Waals surface area contributed by atoms with Gasteiger partial charge in [-0.2, -0.15) is 10.2 Å². The van der Waals surface area contributed by atoms with Gasteiger partial charge in [-0.25, -0.2) is 9.36 Å². The Morgan fingerprint density at radius 2 is 0.958 bits per heavy atom. The fraction of sp³-hybridized carbons (Fsp3) is 0.276. The van der Waals surface area contributed by atoms with Crippen LogP contribution in [0.2, 0.25) is 0 Å². The van der Waals surface area contributed by atoms with Crippen LogP contribution in [0.4, 0.5) is 11.4 Å². The van der Waals surface area contributed by atoms with Crippen LogP contribution < -0.4 is 22.1 Å². The van der Waals surface area contributed by atoms with Gasteiger partial charge in [-0.1, -0.05) is 86.3 Å². The van der Waals surface area contributed by atoms with Gasteiger partial charge in [-0.15, -0.1) is 0 Å². The van der Waals surface area contributed by atoms with Crippen molar-refractivity contribution in [2.24, 2.45) is 23.3 Å². The van der Waals surface area contributed by atoms with Crippen LogP contribution in [0.3, 0.4) is 0 Å². The number of rotatable bonds is 18. The molecule has 2 atom stereocenters. The number of carbonyl (C=O) groups excluding carboxylic acids is 2. The zero-order valence-electron chi connectivity index (χ0n) is 40.8. The molecule has 0 aliphatic heterocycles. The predicted octanol–water partition coefficient (Wildman–Crippen LogP) is 9.43. The van der Waals surface area contributed by atoms with Gasteiger partial charge >= 0.3 is 0 Å². The SMILES string of the molecule is Cc1cc(C(=O)Nc2cccc(C(O)(CCC3CC3)c3cccnc3)c2)n(-c2cccc(CN)c2)n1.Cc1cc(C(=O)Nc2cccc(C(O)(CCC3CC3)c3cccnc3)c2)n(-c2cccc(CN)c2)n1. The minimum atomic E-state index is -1.18. The van der Waals surface area contributed by atoms with Crippen LogP contribution in [0.1, 0.15) is 117 Å². The Morgan fingerprint density at radius 3 is 1.33 bits per heavy atom. The van der Waals surface area contributed by atoms with Crippen LogP contribution in [0, 0.1) is 25.7 Å². The van der Waals surface area contributed by atoms with Crippen molar-refractivity contribution in [2.75, 3.05) is 10.6 Å². The molecule has 2 amide bonds. The number of amides is 2. The molecule has 14 heteroatoms. The van der Waals surface area contributed by atoms with Gasteiger partial charge in [-0.3, -0.25) is 19.6 Å². The van der Waals surface area contributed by atoms with Crippen LogP contribution >= 0.6 is 0 Å². The van der Waals surface area contributed by atoms with Crippen LogP contribution in [0.15, 0.2) is 158 Å². The summed E-state index contributed by atoms with van der Waals surface area (Å²) in [5.74, 6) is 0.789. The number of aromatic nitrogens is 6. The number of aryl methyl sites for hydroxylation is 2. The molecule has 8 aromatic rings. The number of hydrogen-bond acceptors (Lipinski definition) is 10. The molecule has 4 heterocycles. The zero-order valence-corrected chi connectivity index (χ0v) is 40.8. The summed E-state index contributed by atoms with van der Waals surface area (Å²) in [7, 11) is 0. The minimum absolute atomic E-state index is 0.284. The molecule has 4 aromatic carbocycles. The largest absolute Gasteiger partial charge is 0.380 e. The first kappa shape index (κ1) is 49.4. The van der Waals surface area contributed by atoms with Crippen LogP contribution in [0.25, 0.3) is 11.4 Å². The highest BCUT2D eigenvalue weighted by Gasteiger charge is 2.36. The second-order valence-corrected chi connectivity index (χ2v) is 19.2. The number of aliphatic hydroxyl groups is 2. The molecule has 14 nitrogen and oxygen atoms in total. The monoisotopic (exact) mass is 962 g/mol. The second-order valence-electron chi connectivity index (χ2n) is 19.2. The van der Waals surface area contributed by atoms with E-state index in [4.69, 9.17) is 11.5 Å². The molecule has 2 aliphatic carbocycles. The smallest absolute Gasteiger partial charge is 0.274 e. The van der Waals surface area contributed by atoms with Crippen molar-refractivity contribution in [3.05, 3.63) is 214 Å². The van der Waals surface area contributed by atoms with E-state index in [1.165, 1.54) is 25.7 Å². The van der Waals surface area contributed by atoms with Crippen molar-refractivity contribution in [3.63, 3.8) is 0 Å². The number of pyridine rings is 2. The van der Waals surface area contributed by atoms with E-state index in [2.05, 4.69) is 30.8 Å². The Kier molecular flexibility index (Phi) is 14.9. The third-order valence-electron chi connectivity index (χ3n) is 13.6. The summed E-state index contributed by atoms with van der Waals surface area (Å²) in [6, 6.07) is 41.2. The lowest BCUT2D eigenvalue weighted by atomic mass is 9.82. The minimum Gasteiger partial charge on any atom is -0.380 e. The Balaban J connectivity index is 0.000000178. The molecule has 4 aromatic heterocycles. The van der Waals surface area contributed by atoms with Gasteiger partial charge in [0, 0.05) is 60.4 Å². The maximum atomic E-state index is 13.4. The Bertz CT molecular complexity index is 2940. The van der Waals surface area contributed by atoms with E-state index in [1.807, 2.05) is 135 Å². The molecular weight excluding hydrogens is 901 g/mol. The maximum absolute atomic E-state index is 13.4. The number of hydrogen-bond donors (Lipinski definition) is 6. The highest BCUT2D eigenvalue weighted by Crippen LogP contribution is 2.43. The number of nitrogens with two attached hydrogens (primary N) is 2. The normalized spacial score (nSPS) is 14.9. The van der Waals surface area contributed by atoms with Crippen molar-refractivity contribution in [2.45, 2.75) is 89.5 Å². The molecule has 10 rings (SSSR count). The topological polar surface area (TPSA) is 212 Å². The van der Waals surface area contributed by atoms with E-state index < -0.39 is 11.2 Å². The van der Waals surface area contributed by atoms with Gasteiger partial charge < -0.3 is 32.3 Å². The van der Waals surface area contributed by atoms with E-state index >= 15 is 0 Å². The van der Waals surface area contributed by atoms with Crippen molar-refractivity contribution in [1.82, 2.24) is 29.5 Å². The van der Waals surface area contributed by atoms with E-state index in [0.717, 1.165) is 69.0 Å². The van der Waals surface area contributed by atoms with Crippen molar-refractivity contribution >= 4 is 23.2 Å². The quantitative estimate of drug-likeness (QED) is 0.0479. The molecule has 2 fully saturated rings. The van der Waals surface area contributed by atoms with E-state index in [0.29, 0.717) is 60.5 Å². The Labute approximate surface area is 420 Å². The summed E-state index contributed by atoms with van der Waals surface area (Å²) in [6.07, 6.45) is 14.8. The molecule has 2 saturated carbocycles. The molecule has 2 aliphatic rings. The number of nitrogens with one attached hydrogen (secondary N) is 2. The molecule has 368 valence electrons. The highest BCUT2D eigenvalue weighted by atomic mass is 16.3. The summed E-state index contributed by atoms with van der Waals surface area (Å²) in [5, 5.41) is 38.8. The number of anilines is 2. The van der Waals surface area contributed by atoms with Crippen molar-refractivity contribution < 1.29 is 19.8 Å². The van der Waals surface area contributed by atoms with Gasteiger partial charge in [0.2, 0.25) is 0 Å². The molecular formula is C58H62N10O4. The lowest BCUT2D eigenvalue weighted by Crippen LogP contribution is -2.28. The van der Waals surface area contributed by atoms with Crippen molar-refractivity contribution in [1.29, 1.82) is 0 Å². The summed E-state index contributed by atoms with van der Waals surface area (Å²) >= 11 is 0. The fourth-order valence-electron chi connectivity index (χ4n) is 9.21. The molecule has 72 heavy (non-hydrogen) atoms. The molecule has 2 unspecified atom stereocenters. The van der Waals surface area contributed by atoms with Crippen molar-refractivity contribution in [3.8, 4) is 11.4 Å². The van der Waals surface area contributed by atoms with E-state index in [-0.39, 0.29) is 11.8 Å².